The molecule has 0 radical (unpaired) electrons. The molecule has 0 bridgehead atoms. The zero-order chi connectivity index (χ0) is 22.8. The lowest BCUT2D eigenvalue weighted by Crippen LogP contribution is -2.09. The Kier molecular flexibility index (Phi) is 6.36. The van der Waals surface area contributed by atoms with E-state index in [1.807, 2.05) is 45.1 Å². The van der Waals surface area contributed by atoms with Crippen molar-refractivity contribution in [1.82, 2.24) is 0 Å². The van der Waals surface area contributed by atoms with Crippen molar-refractivity contribution in [3.8, 4) is 23.5 Å². The van der Waals surface area contributed by atoms with Gasteiger partial charge in [-0.1, -0.05) is 54.5 Å². The van der Waals surface area contributed by atoms with Crippen LogP contribution in [-0.4, -0.2) is 5.71 Å². The average Bonchev–Trinajstić information content (AvgIpc) is 2.76. The fourth-order valence-corrected chi connectivity index (χ4v) is 3.82. The predicted molar refractivity (Wildman–Crippen MR) is 122 cm³/mol. The van der Waals surface area contributed by atoms with Crippen molar-refractivity contribution in [3.05, 3.63) is 88.0 Å². The second-order valence-corrected chi connectivity index (χ2v) is 7.66. The molecule has 158 valence electrons. The summed E-state index contributed by atoms with van der Waals surface area (Å²) in [5, 5.41) is 8.64. The van der Waals surface area contributed by atoms with Crippen LogP contribution in [-0.2, 0) is 6.18 Å². The van der Waals surface area contributed by atoms with Gasteiger partial charge in [-0.2, -0.15) is 13.2 Å². The van der Waals surface area contributed by atoms with E-state index in [1.165, 1.54) is 12.1 Å². The van der Waals surface area contributed by atoms with Gasteiger partial charge < -0.3 is 0 Å². The van der Waals surface area contributed by atoms with E-state index < -0.39 is 11.7 Å². The summed E-state index contributed by atoms with van der Waals surface area (Å²) in [6, 6.07) is 11.0. The molecule has 0 aliphatic heterocycles. The van der Waals surface area contributed by atoms with Crippen LogP contribution in [0.1, 0.15) is 43.4 Å². The monoisotopic (exact) mass is 419 g/mol. The van der Waals surface area contributed by atoms with E-state index in [4.69, 9.17) is 11.8 Å². The molecule has 1 aliphatic carbocycles. The van der Waals surface area contributed by atoms with E-state index in [0.717, 1.165) is 52.3 Å². The summed E-state index contributed by atoms with van der Waals surface area (Å²) in [6.45, 7) is 5.61. The molecule has 4 heteroatoms. The second-order valence-electron chi connectivity index (χ2n) is 7.66. The molecule has 3 rings (SSSR count). The maximum Gasteiger partial charge on any atom is 0.417 e. The average molecular weight is 419 g/mol. The van der Waals surface area contributed by atoms with Crippen molar-refractivity contribution in [3.63, 3.8) is 0 Å². The van der Waals surface area contributed by atoms with Gasteiger partial charge in [0.15, 0.2) is 0 Å². The van der Waals surface area contributed by atoms with E-state index in [9.17, 15) is 13.2 Å². The Morgan fingerprint density at radius 1 is 1.00 bits per heavy atom. The van der Waals surface area contributed by atoms with E-state index in [2.05, 4.69) is 5.92 Å². The highest BCUT2D eigenvalue weighted by atomic mass is 19.4. The zero-order valence-corrected chi connectivity index (χ0v) is 17.8. The molecule has 0 saturated heterocycles. The van der Waals surface area contributed by atoms with Crippen molar-refractivity contribution < 1.29 is 13.2 Å². The third kappa shape index (κ3) is 4.56. The van der Waals surface area contributed by atoms with E-state index in [-0.39, 0.29) is 5.56 Å². The van der Waals surface area contributed by atoms with Crippen LogP contribution in [0.5, 0.6) is 0 Å². The van der Waals surface area contributed by atoms with E-state index >= 15 is 0 Å². The van der Waals surface area contributed by atoms with Crippen molar-refractivity contribution in [2.24, 2.45) is 0 Å². The fraction of sp³-hybridized carbons (Fsp3) is 0.222. The number of nitrogens with one attached hydrogen (secondary N) is 1. The normalized spacial score (nSPS) is 14.9. The van der Waals surface area contributed by atoms with Gasteiger partial charge in [-0.25, -0.2) is 0 Å². The van der Waals surface area contributed by atoms with Crippen LogP contribution in [0, 0.1) is 24.7 Å². The Morgan fingerprint density at radius 3 is 2.32 bits per heavy atom. The molecule has 1 aliphatic rings. The van der Waals surface area contributed by atoms with Crippen LogP contribution in [0.15, 0.2) is 71.3 Å². The highest BCUT2D eigenvalue weighted by Crippen LogP contribution is 2.38. The lowest BCUT2D eigenvalue weighted by atomic mass is 9.87. The largest absolute Gasteiger partial charge is 0.417 e. The molecule has 0 unspecified atom stereocenters. The molecular formula is C27H24F3N. The van der Waals surface area contributed by atoms with Gasteiger partial charge in [0.2, 0.25) is 0 Å². The van der Waals surface area contributed by atoms with Gasteiger partial charge in [-0.15, -0.1) is 6.42 Å². The number of hydrogen-bond acceptors (Lipinski definition) is 1. The molecular weight excluding hydrogens is 395 g/mol. The topological polar surface area (TPSA) is 23.9 Å². The summed E-state index contributed by atoms with van der Waals surface area (Å²) in [5.41, 5.74) is 5.25. The Hall–Kier alpha value is -3.32. The number of rotatable bonds is 4. The van der Waals surface area contributed by atoms with Gasteiger partial charge >= 0.3 is 6.18 Å². The first kappa shape index (κ1) is 22.4. The summed E-state index contributed by atoms with van der Waals surface area (Å²) in [5.74, 6) is 2.66. The highest BCUT2D eigenvalue weighted by Gasteiger charge is 2.33. The molecule has 0 aromatic heterocycles. The lowest BCUT2D eigenvalue weighted by molar-refractivity contribution is -0.137. The van der Waals surface area contributed by atoms with Crippen LogP contribution >= 0.6 is 0 Å². The first-order valence-electron chi connectivity index (χ1n) is 10.1. The van der Waals surface area contributed by atoms with E-state index in [1.54, 1.807) is 12.1 Å². The minimum atomic E-state index is -4.42. The Bertz CT molecular complexity index is 1170. The van der Waals surface area contributed by atoms with Crippen molar-refractivity contribution in [2.75, 3.05) is 0 Å². The quantitative estimate of drug-likeness (QED) is 0.387. The number of terminal acetylenes is 1. The number of halogens is 3. The lowest BCUT2D eigenvalue weighted by Gasteiger charge is -2.18. The minimum Gasteiger partial charge on any atom is -0.300 e. The molecule has 0 saturated carbocycles. The van der Waals surface area contributed by atoms with Crippen LogP contribution in [0.2, 0.25) is 0 Å². The van der Waals surface area contributed by atoms with Crippen LogP contribution in [0.25, 0.3) is 16.7 Å². The number of benzene rings is 2. The van der Waals surface area contributed by atoms with Gasteiger partial charge in [0.1, 0.15) is 0 Å². The van der Waals surface area contributed by atoms with Crippen LogP contribution < -0.4 is 0 Å². The van der Waals surface area contributed by atoms with Crippen molar-refractivity contribution >= 4 is 11.3 Å². The molecule has 0 fully saturated rings. The third-order valence-electron chi connectivity index (χ3n) is 5.70. The number of allylic oxidation sites excluding steroid dienone is 6. The molecule has 0 amide bonds. The number of aryl methyl sites for hydroxylation is 1. The van der Waals surface area contributed by atoms with Gasteiger partial charge in [0, 0.05) is 11.1 Å². The molecule has 0 atom stereocenters. The van der Waals surface area contributed by atoms with Gasteiger partial charge in [-0.05, 0) is 73.1 Å². The summed E-state index contributed by atoms with van der Waals surface area (Å²) in [6.07, 6.45) is 6.88. The minimum absolute atomic E-state index is 0.168. The molecule has 0 heterocycles. The molecule has 1 N–H and O–H groups in total. The third-order valence-corrected chi connectivity index (χ3v) is 5.70. The fourth-order valence-electron chi connectivity index (χ4n) is 3.82. The Balaban J connectivity index is 2.00. The SMILES string of the molecule is C#CC1=CCCC=C1C(=N)/C(C)=C(\C)c1ccc(-c2ccccc2C(F)(F)F)c(C)c1. The second kappa shape index (κ2) is 8.81. The molecule has 1 nitrogen and oxygen atoms in total. The van der Waals surface area contributed by atoms with E-state index in [0.29, 0.717) is 11.3 Å². The predicted octanol–water partition coefficient (Wildman–Crippen LogP) is 7.77. The van der Waals surface area contributed by atoms with Crippen LogP contribution in [0.4, 0.5) is 13.2 Å². The summed E-state index contributed by atoms with van der Waals surface area (Å²) < 4.78 is 40.4. The smallest absolute Gasteiger partial charge is 0.300 e. The van der Waals surface area contributed by atoms with Crippen molar-refractivity contribution in [2.45, 2.75) is 39.8 Å². The number of alkyl halides is 3. The van der Waals surface area contributed by atoms with Gasteiger partial charge in [0.25, 0.3) is 0 Å². The standard InChI is InChI=1S/C27H24F3N/c1-5-20-10-6-7-11-23(20)26(31)19(4)18(3)21-14-15-22(17(2)16-21)24-12-8-9-13-25(24)27(28,29)30/h1,8-16,31H,6-7H2,2-4H3/b19-18+,31-26?. The van der Waals surface area contributed by atoms with Crippen LogP contribution in [0.3, 0.4) is 0 Å². The molecule has 0 spiro atoms. The maximum absolute atomic E-state index is 13.5. The molecule has 2 aromatic rings. The van der Waals surface area contributed by atoms with Gasteiger partial charge in [-0.3, -0.25) is 5.41 Å². The molecule has 2 aromatic carbocycles. The first-order valence-corrected chi connectivity index (χ1v) is 10.1. The van der Waals surface area contributed by atoms with Crippen molar-refractivity contribution in [1.29, 1.82) is 5.41 Å². The number of hydrogen-bond donors (Lipinski definition) is 1. The Morgan fingerprint density at radius 2 is 1.68 bits per heavy atom. The highest BCUT2D eigenvalue weighted by molar-refractivity contribution is 6.17. The summed E-state index contributed by atoms with van der Waals surface area (Å²) in [7, 11) is 0. The molecule has 31 heavy (non-hydrogen) atoms. The first-order chi connectivity index (χ1) is 14.6. The summed E-state index contributed by atoms with van der Waals surface area (Å²) >= 11 is 0. The zero-order valence-electron chi connectivity index (χ0n) is 17.8. The maximum atomic E-state index is 13.5. The summed E-state index contributed by atoms with van der Waals surface area (Å²) in [4.78, 5) is 0. The van der Waals surface area contributed by atoms with Gasteiger partial charge in [0.05, 0.1) is 11.3 Å². The Labute approximate surface area is 181 Å².